The lowest BCUT2D eigenvalue weighted by molar-refractivity contribution is 0.102. The Morgan fingerprint density at radius 1 is 1.10 bits per heavy atom. The van der Waals surface area contributed by atoms with Crippen molar-refractivity contribution in [2.45, 2.75) is 19.9 Å². The zero-order valence-corrected chi connectivity index (χ0v) is 13.2. The van der Waals surface area contributed by atoms with Crippen LogP contribution in [0, 0.1) is 0 Å². The van der Waals surface area contributed by atoms with Crippen molar-refractivity contribution in [1.82, 2.24) is 4.98 Å². The molecule has 0 saturated carbocycles. The minimum atomic E-state index is -0.301. The third-order valence-corrected chi connectivity index (χ3v) is 3.37. The number of nitrogens with zero attached hydrogens (tertiary/aromatic N) is 1. The second-order valence-corrected chi connectivity index (χ2v) is 5.63. The third kappa shape index (κ3) is 4.34. The summed E-state index contributed by atoms with van der Waals surface area (Å²) in [7, 11) is 0. The van der Waals surface area contributed by atoms with Gasteiger partial charge in [-0.25, -0.2) is 4.98 Å². The van der Waals surface area contributed by atoms with Gasteiger partial charge in [0.25, 0.3) is 5.91 Å². The Morgan fingerprint density at radius 3 is 2.38 bits per heavy atom. The quantitative estimate of drug-likeness (QED) is 0.873. The van der Waals surface area contributed by atoms with Crippen molar-refractivity contribution >= 4 is 40.5 Å². The summed E-state index contributed by atoms with van der Waals surface area (Å²) in [5.41, 5.74) is 1.77. The average Bonchev–Trinajstić information content (AvgIpc) is 2.43. The van der Waals surface area contributed by atoms with Crippen LogP contribution in [0.25, 0.3) is 0 Å². The van der Waals surface area contributed by atoms with Crippen LogP contribution in [-0.4, -0.2) is 16.9 Å². The van der Waals surface area contributed by atoms with Crippen LogP contribution >= 0.6 is 23.2 Å². The van der Waals surface area contributed by atoms with Gasteiger partial charge >= 0.3 is 0 Å². The monoisotopic (exact) mass is 323 g/mol. The van der Waals surface area contributed by atoms with Gasteiger partial charge in [-0.05, 0) is 44.2 Å². The summed E-state index contributed by atoms with van der Waals surface area (Å²) in [6.45, 7) is 4.07. The molecule has 0 bridgehead atoms. The summed E-state index contributed by atoms with van der Waals surface area (Å²) in [5, 5.41) is 6.76. The first kappa shape index (κ1) is 15.6. The van der Waals surface area contributed by atoms with Gasteiger partial charge in [-0.15, -0.1) is 0 Å². The Bertz CT molecular complexity index is 642. The van der Waals surface area contributed by atoms with Crippen LogP contribution in [0.2, 0.25) is 10.0 Å². The summed E-state index contributed by atoms with van der Waals surface area (Å²) >= 11 is 11.7. The van der Waals surface area contributed by atoms with Crippen LogP contribution in [0.15, 0.2) is 36.5 Å². The minimum Gasteiger partial charge on any atom is -0.382 e. The van der Waals surface area contributed by atoms with Crippen molar-refractivity contribution in [3.05, 3.63) is 52.3 Å². The van der Waals surface area contributed by atoms with Gasteiger partial charge in [-0.3, -0.25) is 4.79 Å². The molecule has 0 aliphatic heterocycles. The van der Waals surface area contributed by atoms with E-state index in [1.165, 1.54) is 0 Å². The molecule has 1 aromatic heterocycles. The topological polar surface area (TPSA) is 54.0 Å². The van der Waals surface area contributed by atoms with E-state index in [9.17, 15) is 4.79 Å². The molecule has 1 aromatic carbocycles. The standard InChI is InChI=1S/C15H15Cl2N3O/c1-9(2)19-11-4-6-14(18-8-11)15(21)20-10-3-5-12(16)13(17)7-10/h3-9,19H,1-2H3,(H,20,21). The molecule has 110 valence electrons. The van der Waals surface area contributed by atoms with E-state index < -0.39 is 0 Å². The minimum absolute atomic E-state index is 0.301. The first-order valence-corrected chi connectivity index (χ1v) is 7.20. The highest BCUT2D eigenvalue weighted by Gasteiger charge is 2.09. The van der Waals surface area contributed by atoms with Crippen LogP contribution in [0.3, 0.4) is 0 Å². The SMILES string of the molecule is CC(C)Nc1ccc(C(=O)Nc2ccc(Cl)c(Cl)c2)nc1. The fourth-order valence-electron chi connectivity index (χ4n) is 1.72. The highest BCUT2D eigenvalue weighted by molar-refractivity contribution is 6.42. The molecule has 2 aromatic rings. The molecule has 0 atom stereocenters. The first-order chi connectivity index (χ1) is 9.95. The lowest BCUT2D eigenvalue weighted by Gasteiger charge is -2.10. The van der Waals surface area contributed by atoms with Gasteiger partial charge in [0.1, 0.15) is 5.69 Å². The number of carbonyl (C=O) groups excluding carboxylic acids is 1. The van der Waals surface area contributed by atoms with Crippen LogP contribution in [0.1, 0.15) is 24.3 Å². The molecule has 0 unspecified atom stereocenters. The molecule has 1 amide bonds. The molecular formula is C15H15Cl2N3O. The van der Waals surface area contributed by atoms with Gasteiger partial charge in [-0.1, -0.05) is 23.2 Å². The number of hydrogen-bond acceptors (Lipinski definition) is 3. The number of rotatable bonds is 4. The van der Waals surface area contributed by atoms with E-state index in [1.807, 2.05) is 19.9 Å². The number of hydrogen-bond donors (Lipinski definition) is 2. The van der Waals surface area contributed by atoms with Crippen LogP contribution < -0.4 is 10.6 Å². The van der Waals surface area contributed by atoms with E-state index in [4.69, 9.17) is 23.2 Å². The summed E-state index contributed by atoms with van der Waals surface area (Å²) in [4.78, 5) is 16.2. The van der Waals surface area contributed by atoms with Crippen molar-refractivity contribution in [3.8, 4) is 0 Å². The predicted molar refractivity (Wildman–Crippen MR) is 87.4 cm³/mol. The Balaban J connectivity index is 2.07. The molecule has 0 aliphatic carbocycles. The fraction of sp³-hybridized carbons (Fsp3) is 0.200. The van der Waals surface area contributed by atoms with Gasteiger partial charge in [-0.2, -0.15) is 0 Å². The molecule has 2 N–H and O–H groups in total. The second kappa shape index (κ2) is 6.78. The number of nitrogens with one attached hydrogen (secondary N) is 2. The van der Waals surface area contributed by atoms with E-state index in [-0.39, 0.29) is 5.91 Å². The molecule has 6 heteroatoms. The third-order valence-electron chi connectivity index (χ3n) is 2.63. The molecule has 0 spiro atoms. The van der Waals surface area contributed by atoms with Gasteiger partial charge < -0.3 is 10.6 Å². The summed E-state index contributed by atoms with van der Waals surface area (Å²) in [6.07, 6.45) is 1.63. The molecule has 0 fully saturated rings. The summed E-state index contributed by atoms with van der Waals surface area (Å²) in [5.74, 6) is -0.301. The number of amides is 1. The molecule has 0 saturated heterocycles. The lowest BCUT2D eigenvalue weighted by atomic mass is 10.2. The Hall–Kier alpha value is -1.78. The fourth-order valence-corrected chi connectivity index (χ4v) is 2.01. The van der Waals surface area contributed by atoms with Gasteiger partial charge in [0.15, 0.2) is 0 Å². The summed E-state index contributed by atoms with van der Waals surface area (Å²) < 4.78 is 0. The van der Waals surface area contributed by atoms with E-state index in [1.54, 1.807) is 30.5 Å². The lowest BCUT2D eigenvalue weighted by Crippen LogP contribution is -2.14. The zero-order chi connectivity index (χ0) is 15.4. The number of benzene rings is 1. The number of halogens is 2. The molecule has 4 nitrogen and oxygen atoms in total. The molecular weight excluding hydrogens is 309 g/mol. The van der Waals surface area contributed by atoms with Crippen molar-refractivity contribution in [2.24, 2.45) is 0 Å². The van der Waals surface area contributed by atoms with Crippen molar-refractivity contribution in [3.63, 3.8) is 0 Å². The highest BCUT2D eigenvalue weighted by atomic mass is 35.5. The molecule has 21 heavy (non-hydrogen) atoms. The van der Waals surface area contributed by atoms with E-state index in [0.29, 0.717) is 27.5 Å². The molecule has 0 radical (unpaired) electrons. The highest BCUT2D eigenvalue weighted by Crippen LogP contribution is 2.25. The largest absolute Gasteiger partial charge is 0.382 e. The number of aromatic nitrogens is 1. The molecule has 1 heterocycles. The number of anilines is 2. The van der Waals surface area contributed by atoms with E-state index >= 15 is 0 Å². The van der Waals surface area contributed by atoms with Crippen LogP contribution in [-0.2, 0) is 0 Å². The Morgan fingerprint density at radius 2 is 1.81 bits per heavy atom. The Labute approximate surface area is 133 Å². The average molecular weight is 324 g/mol. The normalized spacial score (nSPS) is 10.5. The maximum Gasteiger partial charge on any atom is 0.274 e. The van der Waals surface area contributed by atoms with Crippen LogP contribution in [0.5, 0.6) is 0 Å². The van der Waals surface area contributed by atoms with Crippen LogP contribution in [0.4, 0.5) is 11.4 Å². The maximum atomic E-state index is 12.1. The number of carbonyl (C=O) groups is 1. The van der Waals surface area contributed by atoms with E-state index in [2.05, 4.69) is 15.6 Å². The summed E-state index contributed by atoms with van der Waals surface area (Å²) in [6, 6.07) is 8.69. The molecule has 2 rings (SSSR count). The van der Waals surface area contributed by atoms with Crippen molar-refractivity contribution < 1.29 is 4.79 Å². The van der Waals surface area contributed by atoms with E-state index in [0.717, 1.165) is 5.69 Å². The smallest absolute Gasteiger partial charge is 0.274 e. The Kier molecular flexibility index (Phi) is 5.04. The van der Waals surface area contributed by atoms with Crippen molar-refractivity contribution in [1.29, 1.82) is 0 Å². The van der Waals surface area contributed by atoms with Gasteiger partial charge in [0.05, 0.1) is 21.9 Å². The van der Waals surface area contributed by atoms with Gasteiger partial charge in [0.2, 0.25) is 0 Å². The number of pyridine rings is 1. The predicted octanol–water partition coefficient (Wildman–Crippen LogP) is 4.46. The first-order valence-electron chi connectivity index (χ1n) is 6.44. The second-order valence-electron chi connectivity index (χ2n) is 4.81. The molecule has 0 aliphatic rings. The zero-order valence-electron chi connectivity index (χ0n) is 11.7. The van der Waals surface area contributed by atoms with Crippen molar-refractivity contribution in [2.75, 3.05) is 10.6 Å². The van der Waals surface area contributed by atoms with Gasteiger partial charge in [0, 0.05) is 11.7 Å². The maximum absolute atomic E-state index is 12.1.